The minimum atomic E-state index is -0.639. The van der Waals surface area contributed by atoms with Gasteiger partial charge in [0, 0.05) is 17.0 Å². The number of para-hydroxylation sites is 1. The lowest BCUT2D eigenvalue weighted by Gasteiger charge is -2.10. The molecule has 1 heterocycles. The molecule has 0 N–H and O–H groups in total. The normalized spacial score (nSPS) is 10.4. The molecule has 0 aliphatic heterocycles. The van der Waals surface area contributed by atoms with Gasteiger partial charge in [0.15, 0.2) is 11.5 Å². The first-order valence-electron chi connectivity index (χ1n) is 8.53. The van der Waals surface area contributed by atoms with E-state index in [-0.39, 0.29) is 23.4 Å². The molecule has 8 nitrogen and oxygen atoms in total. The SMILES string of the molecule is COc1cccc(-c2nc(COC(=O)c3cccc([N+](=O)[O-])c3C)cs2)c1OC. The van der Waals surface area contributed by atoms with Gasteiger partial charge in [-0.15, -0.1) is 11.3 Å². The molecular weight excluding hydrogens is 396 g/mol. The van der Waals surface area contributed by atoms with E-state index >= 15 is 0 Å². The zero-order valence-corrected chi connectivity index (χ0v) is 16.8. The third-order valence-electron chi connectivity index (χ3n) is 4.26. The van der Waals surface area contributed by atoms with E-state index in [1.807, 2.05) is 12.1 Å². The van der Waals surface area contributed by atoms with Crippen molar-refractivity contribution < 1.29 is 23.9 Å². The van der Waals surface area contributed by atoms with Crippen molar-refractivity contribution in [3.63, 3.8) is 0 Å². The summed E-state index contributed by atoms with van der Waals surface area (Å²) in [5.41, 5.74) is 1.63. The van der Waals surface area contributed by atoms with Gasteiger partial charge in [0.05, 0.1) is 36.0 Å². The van der Waals surface area contributed by atoms with Crippen LogP contribution in [0.3, 0.4) is 0 Å². The van der Waals surface area contributed by atoms with Crippen molar-refractivity contribution in [3.8, 4) is 22.1 Å². The van der Waals surface area contributed by atoms with E-state index in [1.54, 1.807) is 25.7 Å². The summed E-state index contributed by atoms with van der Waals surface area (Å²) in [5, 5.41) is 13.5. The van der Waals surface area contributed by atoms with Gasteiger partial charge in [-0.25, -0.2) is 9.78 Å². The highest BCUT2D eigenvalue weighted by molar-refractivity contribution is 7.13. The second kappa shape index (κ2) is 8.70. The highest BCUT2D eigenvalue weighted by atomic mass is 32.1. The highest BCUT2D eigenvalue weighted by Crippen LogP contribution is 2.39. The van der Waals surface area contributed by atoms with E-state index in [9.17, 15) is 14.9 Å². The summed E-state index contributed by atoms with van der Waals surface area (Å²) in [4.78, 5) is 27.4. The fourth-order valence-corrected chi connectivity index (χ4v) is 3.64. The lowest BCUT2D eigenvalue weighted by atomic mass is 10.1. The quantitative estimate of drug-likeness (QED) is 0.321. The molecule has 29 heavy (non-hydrogen) atoms. The van der Waals surface area contributed by atoms with Crippen LogP contribution < -0.4 is 9.47 Å². The number of carbonyl (C=O) groups is 1. The molecule has 3 rings (SSSR count). The molecule has 2 aromatic carbocycles. The molecule has 0 saturated carbocycles. The first kappa shape index (κ1) is 20.3. The summed E-state index contributed by atoms with van der Waals surface area (Å²) in [6.07, 6.45) is 0. The van der Waals surface area contributed by atoms with Crippen LogP contribution in [0, 0.1) is 17.0 Å². The van der Waals surface area contributed by atoms with Crippen LogP contribution in [0.15, 0.2) is 41.8 Å². The number of rotatable bonds is 7. The van der Waals surface area contributed by atoms with Crippen LogP contribution in [0.2, 0.25) is 0 Å². The minimum absolute atomic E-state index is 0.0518. The van der Waals surface area contributed by atoms with Crippen molar-refractivity contribution in [2.45, 2.75) is 13.5 Å². The van der Waals surface area contributed by atoms with Gasteiger partial charge < -0.3 is 14.2 Å². The molecule has 0 aliphatic carbocycles. The Balaban J connectivity index is 1.76. The molecule has 0 radical (unpaired) electrons. The molecule has 0 spiro atoms. The average molecular weight is 414 g/mol. The Morgan fingerprint density at radius 1 is 1.17 bits per heavy atom. The number of aromatic nitrogens is 1. The lowest BCUT2D eigenvalue weighted by molar-refractivity contribution is -0.385. The average Bonchev–Trinajstić information content (AvgIpc) is 3.20. The van der Waals surface area contributed by atoms with Crippen LogP contribution in [0.5, 0.6) is 11.5 Å². The van der Waals surface area contributed by atoms with Gasteiger partial charge in [-0.2, -0.15) is 0 Å². The number of ether oxygens (including phenoxy) is 3. The molecule has 0 bridgehead atoms. The van der Waals surface area contributed by atoms with Crippen molar-refractivity contribution in [2.24, 2.45) is 0 Å². The van der Waals surface area contributed by atoms with Gasteiger partial charge in [0.1, 0.15) is 11.6 Å². The number of nitro benzene ring substituents is 1. The smallest absolute Gasteiger partial charge is 0.339 e. The number of carbonyl (C=O) groups excluding carboxylic acids is 1. The molecular formula is C20H18N2O6S. The van der Waals surface area contributed by atoms with Crippen LogP contribution in [0.1, 0.15) is 21.6 Å². The largest absolute Gasteiger partial charge is 0.493 e. The fourth-order valence-electron chi connectivity index (χ4n) is 2.81. The number of hydrogen-bond donors (Lipinski definition) is 0. The Bertz CT molecular complexity index is 1060. The van der Waals surface area contributed by atoms with Crippen LogP contribution in [0.4, 0.5) is 5.69 Å². The number of hydrogen-bond acceptors (Lipinski definition) is 8. The van der Waals surface area contributed by atoms with E-state index in [1.165, 1.54) is 36.5 Å². The zero-order chi connectivity index (χ0) is 21.0. The van der Waals surface area contributed by atoms with Crippen molar-refractivity contribution in [1.82, 2.24) is 4.98 Å². The summed E-state index contributed by atoms with van der Waals surface area (Å²) < 4.78 is 16.0. The number of benzene rings is 2. The molecule has 1 aromatic heterocycles. The second-order valence-corrected chi connectivity index (χ2v) is 6.83. The molecule has 0 aliphatic rings. The van der Waals surface area contributed by atoms with E-state index < -0.39 is 10.9 Å². The first-order chi connectivity index (χ1) is 14.0. The van der Waals surface area contributed by atoms with E-state index in [2.05, 4.69) is 4.98 Å². The predicted octanol–water partition coefficient (Wildman–Crippen LogP) is 4.40. The van der Waals surface area contributed by atoms with Gasteiger partial charge in [-0.3, -0.25) is 10.1 Å². The molecule has 0 saturated heterocycles. The number of nitrogens with zero attached hydrogens (tertiary/aromatic N) is 2. The van der Waals surface area contributed by atoms with Gasteiger partial charge in [-0.1, -0.05) is 12.1 Å². The van der Waals surface area contributed by atoms with Crippen LogP contribution >= 0.6 is 11.3 Å². The Morgan fingerprint density at radius 2 is 1.93 bits per heavy atom. The lowest BCUT2D eigenvalue weighted by Crippen LogP contribution is -2.08. The second-order valence-electron chi connectivity index (χ2n) is 5.97. The third kappa shape index (κ3) is 4.19. The molecule has 0 unspecified atom stereocenters. The summed E-state index contributed by atoms with van der Waals surface area (Å²) in [5.74, 6) is 0.522. The van der Waals surface area contributed by atoms with Crippen LogP contribution in [-0.4, -0.2) is 30.1 Å². The first-order valence-corrected chi connectivity index (χ1v) is 9.41. The minimum Gasteiger partial charge on any atom is -0.493 e. The molecule has 0 fully saturated rings. The standard InChI is InChI=1S/C20H18N2O6S/c1-12-14(6-4-8-16(12)22(24)25)20(23)28-10-13-11-29-19(21-13)15-7-5-9-17(26-2)18(15)27-3/h4-9,11H,10H2,1-3H3. The maximum absolute atomic E-state index is 12.4. The molecule has 150 valence electrons. The summed E-state index contributed by atoms with van der Waals surface area (Å²) in [6, 6.07) is 9.79. The van der Waals surface area contributed by atoms with Gasteiger partial charge in [-0.05, 0) is 25.1 Å². The summed E-state index contributed by atoms with van der Waals surface area (Å²) in [7, 11) is 3.11. The van der Waals surface area contributed by atoms with Crippen molar-refractivity contribution >= 4 is 23.0 Å². The van der Waals surface area contributed by atoms with Gasteiger partial charge in [0.25, 0.3) is 5.69 Å². The number of esters is 1. The maximum atomic E-state index is 12.4. The Morgan fingerprint density at radius 3 is 2.62 bits per heavy atom. The van der Waals surface area contributed by atoms with Crippen LogP contribution in [0.25, 0.3) is 10.6 Å². The number of nitro groups is 1. The topological polar surface area (TPSA) is 101 Å². The highest BCUT2D eigenvalue weighted by Gasteiger charge is 2.20. The summed E-state index contributed by atoms with van der Waals surface area (Å²) in [6.45, 7) is 1.47. The van der Waals surface area contributed by atoms with Crippen molar-refractivity contribution in [1.29, 1.82) is 0 Å². The van der Waals surface area contributed by atoms with Gasteiger partial charge in [0.2, 0.25) is 0 Å². The Labute approximate surface area is 170 Å². The Kier molecular flexibility index (Phi) is 6.08. The predicted molar refractivity (Wildman–Crippen MR) is 108 cm³/mol. The zero-order valence-electron chi connectivity index (χ0n) is 16.0. The molecule has 0 amide bonds. The summed E-state index contributed by atoms with van der Waals surface area (Å²) >= 11 is 1.38. The van der Waals surface area contributed by atoms with Crippen molar-refractivity contribution in [3.05, 3.63) is 68.7 Å². The fraction of sp³-hybridized carbons (Fsp3) is 0.200. The molecule has 3 aromatic rings. The molecule has 9 heteroatoms. The number of methoxy groups -OCH3 is 2. The van der Waals surface area contributed by atoms with Gasteiger partial charge >= 0.3 is 5.97 Å². The molecule has 0 atom stereocenters. The Hall–Kier alpha value is -3.46. The number of thiazole rings is 1. The van der Waals surface area contributed by atoms with E-state index in [0.717, 1.165) is 5.56 Å². The van der Waals surface area contributed by atoms with Crippen molar-refractivity contribution in [2.75, 3.05) is 14.2 Å². The third-order valence-corrected chi connectivity index (χ3v) is 5.18. The monoisotopic (exact) mass is 414 g/mol. The van der Waals surface area contributed by atoms with E-state index in [0.29, 0.717) is 22.2 Å². The van der Waals surface area contributed by atoms with E-state index in [4.69, 9.17) is 14.2 Å². The van der Waals surface area contributed by atoms with Crippen LogP contribution in [-0.2, 0) is 11.3 Å². The maximum Gasteiger partial charge on any atom is 0.339 e.